The molecule has 0 atom stereocenters. The van der Waals surface area contributed by atoms with Crippen molar-refractivity contribution in [2.75, 3.05) is 7.11 Å². The number of phenolic OH excluding ortho intramolecular Hbond substituents is 1. The van der Waals surface area contributed by atoms with Gasteiger partial charge in [0.15, 0.2) is 17.2 Å². The number of para-hydroxylation sites is 4. The number of aromatic hydroxyl groups is 1. The average Bonchev–Trinajstić information content (AvgIpc) is 2.98. The molecule has 0 fully saturated rings. The van der Waals surface area contributed by atoms with Crippen molar-refractivity contribution in [1.82, 2.24) is 9.78 Å². The van der Waals surface area contributed by atoms with Gasteiger partial charge >= 0.3 is 0 Å². The highest BCUT2D eigenvalue weighted by molar-refractivity contribution is 5.47. The number of ether oxygens (including phenoxy) is 2. The molecule has 3 aromatic rings. The molecule has 3 rings (SSSR count). The van der Waals surface area contributed by atoms with Crippen LogP contribution in [0.15, 0.2) is 60.9 Å². The van der Waals surface area contributed by atoms with Crippen molar-refractivity contribution in [3.8, 4) is 28.7 Å². The number of phenols is 1. The minimum absolute atomic E-state index is 0.0857. The summed E-state index contributed by atoms with van der Waals surface area (Å²) in [6.07, 6.45) is 3.31. The van der Waals surface area contributed by atoms with E-state index in [1.807, 2.05) is 24.3 Å². The Morgan fingerprint density at radius 1 is 1.00 bits per heavy atom. The molecule has 0 bridgehead atoms. The minimum Gasteiger partial charge on any atom is -0.504 e. The summed E-state index contributed by atoms with van der Waals surface area (Å²) in [5.41, 5.74) is 0.812. The second-order valence-corrected chi connectivity index (χ2v) is 4.36. The predicted octanol–water partition coefficient (Wildman–Crippen LogP) is 3.38. The lowest BCUT2D eigenvalue weighted by Crippen LogP contribution is -1.97. The van der Waals surface area contributed by atoms with Crippen LogP contribution in [0.1, 0.15) is 0 Å². The molecule has 0 unspecified atom stereocenters. The van der Waals surface area contributed by atoms with E-state index < -0.39 is 0 Å². The van der Waals surface area contributed by atoms with Gasteiger partial charge in [-0.1, -0.05) is 24.3 Å². The van der Waals surface area contributed by atoms with Gasteiger partial charge < -0.3 is 14.6 Å². The van der Waals surface area contributed by atoms with Gasteiger partial charge in [0, 0.05) is 0 Å². The van der Waals surface area contributed by atoms with Crippen molar-refractivity contribution >= 4 is 0 Å². The summed E-state index contributed by atoms with van der Waals surface area (Å²) in [6.45, 7) is 0. The zero-order valence-electron chi connectivity index (χ0n) is 11.4. The molecule has 0 radical (unpaired) electrons. The first-order valence-electron chi connectivity index (χ1n) is 6.42. The lowest BCUT2D eigenvalue weighted by Gasteiger charge is -2.07. The zero-order valence-corrected chi connectivity index (χ0v) is 11.4. The third kappa shape index (κ3) is 2.67. The Morgan fingerprint density at radius 2 is 1.71 bits per heavy atom. The summed E-state index contributed by atoms with van der Waals surface area (Å²) in [4.78, 5) is 0. The number of aromatic nitrogens is 2. The summed E-state index contributed by atoms with van der Waals surface area (Å²) < 4.78 is 12.6. The third-order valence-corrected chi connectivity index (χ3v) is 2.98. The average molecular weight is 282 g/mol. The fourth-order valence-electron chi connectivity index (χ4n) is 1.98. The molecular formula is C16H14N2O3. The van der Waals surface area contributed by atoms with Crippen molar-refractivity contribution in [2.24, 2.45) is 0 Å². The Balaban J connectivity index is 1.89. The van der Waals surface area contributed by atoms with Crippen molar-refractivity contribution in [3.63, 3.8) is 0 Å². The SMILES string of the molecule is COc1ccccc1-n1cc(Oc2ccccc2O)cn1. The molecule has 0 aliphatic carbocycles. The molecule has 0 amide bonds. The van der Waals surface area contributed by atoms with E-state index in [4.69, 9.17) is 9.47 Å². The van der Waals surface area contributed by atoms with Crippen LogP contribution in [-0.4, -0.2) is 22.0 Å². The Bertz CT molecular complexity index is 753. The van der Waals surface area contributed by atoms with Crippen molar-refractivity contribution < 1.29 is 14.6 Å². The van der Waals surface area contributed by atoms with Crippen LogP contribution in [-0.2, 0) is 0 Å². The highest BCUT2D eigenvalue weighted by Crippen LogP contribution is 2.30. The van der Waals surface area contributed by atoms with E-state index in [-0.39, 0.29) is 5.75 Å². The van der Waals surface area contributed by atoms with Crippen LogP contribution in [0.3, 0.4) is 0 Å². The van der Waals surface area contributed by atoms with E-state index in [0.717, 1.165) is 11.4 Å². The quantitative estimate of drug-likeness (QED) is 0.797. The molecule has 21 heavy (non-hydrogen) atoms. The molecule has 1 N–H and O–H groups in total. The Hall–Kier alpha value is -2.95. The lowest BCUT2D eigenvalue weighted by molar-refractivity contribution is 0.409. The van der Waals surface area contributed by atoms with Crippen LogP contribution in [0.2, 0.25) is 0 Å². The number of benzene rings is 2. The Labute approximate surface area is 122 Å². The molecule has 1 heterocycles. The molecule has 2 aromatic carbocycles. The molecule has 0 aliphatic heterocycles. The zero-order chi connectivity index (χ0) is 14.7. The number of methoxy groups -OCH3 is 1. The minimum atomic E-state index is 0.0857. The second-order valence-electron chi connectivity index (χ2n) is 4.36. The normalized spacial score (nSPS) is 10.3. The molecular weight excluding hydrogens is 268 g/mol. The summed E-state index contributed by atoms with van der Waals surface area (Å²) in [7, 11) is 1.61. The molecule has 5 nitrogen and oxygen atoms in total. The van der Waals surface area contributed by atoms with Crippen molar-refractivity contribution in [1.29, 1.82) is 0 Å². The topological polar surface area (TPSA) is 56.5 Å². The summed E-state index contributed by atoms with van der Waals surface area (Å²) in [5.74, 6) is 1.72. The first-order valence-corrected chi connectivity index (χ1v) is 6.42. The molecule has 106 valence electrons. The molecule has 5 heteroatoms. The number of nitrogens with zero attached hydrogens (tertiary/aromatic N) is 2. The third-order valence-electron chi connectivity index (χ3n) is 2.98. The summed E-state index contributed by atoms with van der Waals surface area (Å²) in [6, 6.07) is 14.3. The molecule has 0 saturated heterocycles. The second kappa shape index (κ2) is 5.58. The van der Waals surface area contributed by atoms with Gasteiger partial charge in [-0.25, -0.2) is 4.68 Å². The van der Waals surface area contributed by atoms with Gasteiger partial charge in [0.05, 0.1) is 19.5 Å². The van der Waals surface area contributed by atoms with Crippen LogP contribution >= 0.6 is 0 Å². The molecule has 1 aromatic heterocycles. The Kier molecular flexibility index (Phi) is 3.47. The lowest BCUT2D eigenvalue weighted by atomic mass is 10.3. The largest absolute Gasteiger partial charge is 0.504 e. The van der Waals surface area contributed by atoms with E-state index in [1.165, 1.54) is 0 Å². The monoisotopic (exact) mass is 282 g/mol. The van der Waals surface area contributed by atoms with Crippen LogP contribution in [0.4, 0.5) is 0 Å². The van der Waals surface area contributed by atoms with E-state index in [0.29, 0.717) is 11.5 Å². The molecule has 0 aliphatic rings. The van der Waals surface area contributed by atoms with Gasteiger partial charge in [-0.15, -0.1) is 0 Å². The van der Waals surface area contributed by atoms with Crippen molar-refractivity contribution in [3.05, 3.63) is 60.9 Å². The van der Waals surface area contributed by atoms with Gasteiger partial charge in [0.25, 0.3) is 0 Å². The highest BCUT2D eigenvalue weighted by Gasteiger charge is 2.09. The summed E-state index contributed by atoms with van der Waals surface area (Å²) >= 11 is 0. The van der Waals surface area contributed by atoms with Crippen LogP contribution in [0.25, 0.3) is 5.69 Å². The van der Waals surface area contributed by atoms with E-state index in [9.17, 15) is 5.11 Å². The smallest absolute Gasteiger partial charge is 0.169 e. The molecule has 0 saturated carbocycles. The van der Waals surface area contributed by atoms with Crippen LogP contribution in [0.5, 0.6) is 23.0 Å². The van der Waals surface area contributed by atoms with Gasteiger partial charge in [0.2, 0.25) is 0 Å². The Morgan fingerprint density at radius 3 is 2.48 bits per heavy atom. The number of hydrogen-bond donors (Lipinski definition) is 1. The first kappa shape index (κ1) is 13.1. The van der Waals surface area contributed by atoms with Gasteiger partial charge in [-0.05, 0) is 24.3 Å². The van der Waals surface area contributed by atoms with Crippen LogP contribution in [0, 0.1) is 0 Å². The van der Waals surface area contributed by atoms with Gasteiger partial charge in [0.1, 0.15) is 11.4 Å². The standard InChI is InChI=1S/C16H14N2O3/c1-20-15-8-4-2-6-13(15)18-11-12(10-17-18)21-16-9-5-3-7-14(16)19/h2-11,19H,1H3. The maximum Gasteiger partial charge on any atom is 0.169 e. The number of hydrogen-bond acceptors (Lipinski definition) is 4. The fourth-order valence-corrected chi connectivity index (χ4v) is 1.98. The molecule has 0 spiro atoms. The van der Waals surface area contributed by atoms with Gasteiger partial charge in [-0.3, -0.25) is 0 Å². The van der Waals surface area contributed by atoms with Gasteiger partial charge in [-0.2, -0.15) is 5.10 Å². The van der Waals surface area contributed by atoms with Crippen molar-refractivity contribution in [2.45, 2.75) is 0 Å². The number of rotatable bonds is 4. The highest BCUT2D eigenvalue weighted by atomic mass is 16.5. The first-order chi connectivity index (χ1) is 10.3. The fraction of sp³-hybridized carbons (Fsp3) is 0.0625. The van der Waals surface area contributed by atoms with E-state index in [1.54, 1.807) is 48.5 Å². The van der Waals surface area contributed by atoms with E-state index in [2.05, 4.69) is 5.10 Å². The van der Waals surface area contributed by atoms with Crippen LogP contribution < -0.4 is 9.47 Å². The maximum absolute atomic E-state index is 9.71. The van der Waals surface area contributed by atoms with E-state index >= 15 is 0 Å². The maximum atomic E-state index is 9.71. The predicted molar refractivity (Wildman–Crippen MR) is 78.3 cm³/mol. The summed E-state index contributed by atoms with van der Waals surface area (Å²) in [5, 5.41) is 14.0.